The van der Waals surface area contributed by atoms with Crippen LogP contribution in [0.25, 0.3) is 44.5 Å². The van der Waals surface area contributed by atoms with Gasteiger partial charge >= 0.3 is 0 Å². The number of rotatable bonds is 4. The first-order valence-electron chi connectivity index (χ1n) is 10.9. The molecule has 0 amide bonds. The van der Waals surface area contributed by atoms with Crippen LogP contribution in [0.4, 0.5) is 0 Å². The quantitative estimate of drug-likeness (QED) is 0.300. The largest absolute Gasteiger partial charge is 0.321 e. The monoisotopic (exact) mass is 489 g/mol. The van der Waals surface area contributed by atoms with E-state index in [1.165, 1.54) is 12.0 Å². The van der Waals surface area contributed by atoms with Crippen LogP contribution in [-0.4, -0.2) is 20.2 Å². The Morgan fingerprint density at radius 3 is 2.24 bits per heavy atom. The van der Waals surface area contributed by atoms with Crippen molar-refractivity contribution in [1.29, 1.82) is 0 Å². The smallest absolute Gasteiger partial charge is 0.0893 e. The van der Waals surface area contributed by atoms with Gasteiger partial charge in [0, 0.05) is 33.8 Å². The third-order valence-electron chi connectivity index (χ3n) is 6.56. The Morgan fingerprint density at radius 2 is 1.59 bits per heavy atom. The molecule has 1 aliphatic rings. The molecule has 3 aromatic heterocycles. The highest BCUT2D eigenvalue weighted by Crippen LogP contribution is 2.40. The minimum atomic E-state index is -0.162. The molecule has 5 aromatic rings. The zero-order valence-corrected chi connectivity index (χ0v) is 20.1. The van der Waals surface area contributed by atoms with E-state index in [1.54, 1.807) is 6.20 Å². The summed E-state index contributed by atoms with van der Waals surface area (Å²) in [6, 6.07) is 23.3. The molecule has 3 N–H and O–H groups in total. The van der Waals surface area contributed by atoms with Crippen molar-refractivity contribution in [3.05, 3.63) is 90.9 Å². The lowest BCUT2D eigenvalue weighted by molar-refractivity contribution is 0.253. The summed E-state index contributed by atoms with van der Waals surface area (Å²) in [6.07, 6.45) is 8.79. The maximum Gasteiger partial charge on any atom is 0.0893 e. The second-order valence-electron chi connectivity index (χ2n) is 8.59. The van der Waals surface area contributed by atoms with E-state index >= 15 is 0 Å². The first-order valence-corrected chi connectivity index (χ1v) is 10.9. The van der Waals surface area contributed by atoms with Crippen LogP contribution in [0.3, 0.4) is 0 Å². The van der Waals surface area contributed by atoms with Gasteiger partial charge in [-0.05, 0) is 42.5 Å². The first-order chi connectivity index (χ1) is 15.7. The lowest BCUT2D eigenvalue weighted by Crippen LogP contribution is -2.43. The predicted octanol–water partition coefficient (Wildman–Crippen LogP) is 6.54. The van der Waals surface area contributed by atoms with Gasteiger partial charge in [-0.1, -0.05) is 54.6 Å². The topological polar surface area (TPSA) is 80.5 Å². The number of nitrogens with zero attached hydrogens (tertiary/aromatic N) is 3. The minimum Gasteiger partial charge on any atom is -0.321 e. The Kier molecular flexibility index (Phi) is 6.71. The van der Waals surface area contributed by atoms with Crippen molar-refractivity contribution in [3.63, 3.8) is 0 Å². The maximum absolute atomic E-state index is 6.53. The van der Waals surface area contributed by atoms with E-state index in [2.05, 4.69) is 75.8 Å². The highest BCUT2D eigenvalue weighted by Gasteiger charge is 2.34. The van der Waals surface area contributed by atoms with Gasteiger partial charge < -0.3 is 5.73 Å². The average Bonchev–Trinajstić information content (AvgIpc) is 3.37. The number of hydrogen-bond acceptors (Lipinski definition) is 4. The highest BCUT2D eigenvalue weighted by molar-refractivity contribution is 5.92. The molecule has 2 aromatic carbocycles. The van der Waals surface area contributed by atoms with E-state index in [0.29, 0.717) is 0 Å². The highest BCUT2D eigenvalue weighted by atomic mass is 35.5. The van der Waals surface area contributed by atoms with Crippen molar-refractivity contribution < 1.29 is 0 Å². The summed E-state index contributed by atoms with van der Waals surface area (Å²) in [5, 5.41) is 7.94. The van der Waals surface area contributed by atoms with Crippen molar-refractivity contribution in [2.24, 2.45) is 5.73 Å². The van der Waals surface area contributed by atoms with Crippen LogP contribution < -0.4 is 5.73 Å². The molecule has 172 valence electrons. The van der Waals surface area contributed by atoms with Crippen molar-refractivity contribution in [2.75, 3.05) is 0 Å². The second kappa shape index (κ2) is 9.55. The zero-order chi connectivity index (χ0) is 21.5. The van der Waals surface area contributed by atoms with Crippen LogP contribution in [0, 0.1) is 0 Å². The molecule has 6 rings (SSSR count). The van der Waals surface area contributed by atoms with Gasteiger partial charge in [-0.15, -0.1) is 24.8 Å². The summed E-state index contributed by atoms with van der Waals surface area (Å²) in [6.45, 7) is 0. The zero-order valence-electron chi connectivity index (χ0n) is 18.4. The van der Waals surface area contributed by atoms with Crippen molar-refractivity contribution >= 4 is 35.7 Å². The molecule has 0 atom stereocenters. The fraction of sp³-hybridized carbons (Fsp3) is 0.148. The molecule has 3 heterocycles. The molecule has 5 nitrogen and oxygen atoms in total. The van der Waals surface area contributed by atoms with E-state index in [9.17, 15) is 0 Å². The van der Waals surface area contributed by atoms with Crippen LogP contribution in [0.1, 0.15) is 24.8 Å². The molecular formula is C27H25Cl2N5. The molecule has 0 saturated heterocycles. The number of benzene rings is 2. The standard InChI is InChI=1S/C27H23N5.2ClH/c28-27(11-4-12-27)22-9-7-19(8-10-22)26-23(18-5-2-1-3-6-18)13-20-14-24(21-15-30-31-16-21)29-17-25(20)32-26;;/h1-3,5-10,13-17H,4,11-12,28H2,(H,30,31);2*1H. The summed E-state index contributed by atoms with van der Waals surface area (Å²) >= 11 is 0. The fourth-order valence-corrected chi connectivity index (χ4v) is 4.49. The summed E-state index contributed by atoms with van der Waals surface area (Å²) in [7, 11) is 0. The van der Waals surface area contributed by atoms with Crippen molar-refractivity contribution in [3.8, 4) is 33.6 Å². The lowest BCUT2D eigenvalue weighted by Gasteiger charge is -2.38. The number of halogens is 2. The van der Waals surface area contributed by atoms with Crippen LogP contribution in [0.15, 0.2) is 85.3 Å². The van der Waals surface area contributed by atoms with Gasteiger partial charge in [0.15, 0.2) is 0 Å². The van der Waals surface area contributed by atoms with Gasteiger partial charge in [0.2, 0.25) is 0 Å². The Bertz CT molecular complexity index is 1400. The molecule has 1 fully saturated rings. The summed E-state index contributed by atoms with van der Waals surface area (Å²) in [5.74, 6) is 0. The van der Waals surface area contributed by atoms with Crippen molar-refractivity contribution in [2.45, 2.75) is 24.8 Å². The predicted molar refractivity (Wildman–Crippen MR) is 142 cm³/mol. The van der Waals surface area contributed by atoms with Crippen molar-refractivity contribution in [1.82, 2.24) is 20.2 Å². The third-order valence-corrected chi connectivity index (χ3v) is 6.56. The molecule has 7 heteroatoms. The minimum absolute atomic E-state index is 0. The Morgan fingerprint density at radius 1 is 0.824 bits per heavy atom. The van der Waals surface area contributed by atoms with E-state index in [-0.39, 0.29) is 30.4 Å². The SMILES string of the molecule is Cl.Cl.NC1(c2ccc(-c3nc4cnc(-c5cn[nH]c5)cc4cc3-c3ccccc3)cc2)CCC1. The number of nitrogens with two attached hydrogens (primary N) is 1. The van der Waals surface area contributed by atoms with E-state index < -0.39 is 0 Å². The summed E-state index contributed by atoms with van der Waals surface area (Å²) < 4.78 is 0. The third kappa shape index (κ3) is 4.18. The van der Waals surface area contributed by atoms with Crippen LogP contribution in [0.2, 0.25) is 0 Å². The Hall–Kier alpha value is -3.25. The van der Waals surface area contributed by atoms with Gasteiger partial charge in [-0.2, -0.15) is 5.10 Å². The number of fused-ring (bicyclic) bond motifs is 1. The molecule has 0 spiro atoms. The summed E-state index contributed by atoms with van der Waals surface area (Å²) in [4.78, 5) is 9.67. The number of H-pyrrole nitrogens is 1. The number of pyridine rings is 2. The Balaban J connectivity index is 0.00000137. The normalized spacial score (nSPS) is 14.0. The lowest BCUT2D eigenvalue weighted by atomic mass is 9.72. The van der Waals surface area contributed by atoms with Gasteiger partial charge in [-0.3, -0.25) is 10.1 Å². The molecular weight excluding hydrogens is 465 g/mol. The van der Waals surface area contributed by atoms with Crippen LogP contribution in [-0.2, 0) is 5.54 Å². The van der Waals surface area contributed by atoms with Gasteiger partial charge in [-0.25, -0.2) is 4.98 Å². The maximum atomic E-state index is 6.53. The molecule has 0 aliphatic heterocycles. The number of aromatic nitrogens is 4. The molecule has 0 bridgehead atoms. The van der Waals surface area contributed by atoms with Gasteiger partial charge in [0.1, 0.15) is 0 Å². The molecule has 0 unspecified atom stereocenters. The molecule has 1 aliphatic carbocycles. The fourth-order valence-electron chi connectivity index (χ4n) is 4.49. The van der Waals surface area contributed by atoms with E-state index in [4.69, 9.17) is 10.7 Å². The summed E-state index contributed by atoms with van der Waals surface area (Å²) in [5.41, 5.74) is 14.5. The number of aromatic amines is 1. The number of hydrogen-bond donors (Lipinski definition) is 2. The first kappa shape index (κ1) is 23.9. The van der Waals surface area contributed by atoms with Crippen LogP contribution in [0.5, 0.6) is 0 Å². The van der Waals surface area contributed by atoms with Crippen LogP contribution >= 0.6 is 24.8 Å². The molecule has 34 heavy (non-hydrogen) atoms. The van der Waals surface area contributed by atoms with E-state index in [0.717, 1.165) is 57.4 Å². The molecule has 1 saturated carbocycles. The van der Waals surface area contributed by atoms with Gasteiger partial charge in [0.25, 0.3) is 0 Å². The Labute approximate surface area is 210 Å². The second-order valence-corrected chi connectivity index (χ2v) is 8.59. The van der Waals surface area contributed by atoms with E-state index in [1.807, 2.05) is 18.5 Å². The molecule has 0 radical (unpaired) electrons. The average molecular weight is 490 g/mol. The number of nitrogens with one attached hydrogen (secondary N) is 1. The van der Waals surface area contributed by atoms with Gasteiger partial charge in [0.05, 0.1) is 29.3 Å².